The van der Waals surface area contributed by atoms with Crippen molar-refractivity contribution in [2.24, 2.45) is 0 Å². The van der Waals surface area contributed by atoms with Gasteiger partial charge in [-0.25, -0.2) is 4.79 Å². The molecule has 3 heterocycles. The van der Waals surface area contributed by atoms with Gasteiger partial charge in [-0.2, -0.15) is 5.10 Å². The summed E-state index contributed by atoms with van der Waals surface area (Å²) in [5.41, 5.74) is 2.04. The van der Waals surface area contributed by atoms with E-state index in [4.69, 9.17) is 4.74 Å². The minimum atomic E-state index is -0.255. The van der Waals surface area contributed by atoms with Gasteiger partial charge in [-0.15, -0.1) is 0 Å². The highest BCUT2D eigenvalue weighted by atomic mass is 16.6. The van der Waals surface area contributed by atoms with Gasteiger partial charge >= 0.3 is 6.09 Å². The van der Waals surface area contributed by atoms with E-state index in [0.29, 0.717) is 39.2 Å². The van der Waals surface area contributed by atoms with Gasteiger partial charge in [0.15, 0.2) is 0 Å². The van der Waals surface area contributed by atoms with Crippen LogP contribution in [0.1, 0.15) is 17.8 Å². The fourth-order valence-electron chi connectivity index (χ4n) is 2.98. The van der Waals surface area contributed by atoms with Crippen LogP contribution in [0.15, 0.2) is 6.07 Å². The van der Waals surface area contributed by atoms with Crippen molar-refractivity contribution in [2.45, 2.75) is 32.9 Å². The number of amides is 2. The zero-order chi connectivity index (χ0) is 15.0. The van der Waals surface area contributed by atoms with Crippen molar-refractivity contribution in [3.8, 4) is 0 Å². The largest absolute Gasteiger partial charge is 0.447 e. The number of aryl methyl sites for hydroxylation is 3. The van der Waals surface area contributed by atoms with E-state index in [1.807, 2.05) is 29.5 Å². The molecule has 0 aromatic carbocycles. The summed E-state index contributed by atoms with van der Waals surface area (Å²) in [4.78, 5) is 27.3. The van der Waals surface area contributed by atoms with E-state index in [9.17, 15) is 9.59 Å². The molecule has 2 aliphatic rings. The Morgan fingerprint density at radius 3 is 2.95 bits per heavy atom. The van der Waals surface area contributed by atoms with Crippen LogP contribution >= 0.6 is 0 Å². The van der Waals surface area contributed by atoms with Crippen LogP contribution in [0.3, 0.4) is 0 Å². The first-order chi connectivity index (χ1) is 10.0. The Balaban J connectivity index is 1.54. The monoisotopic (exact) mass is 292 g/mol. The minimum Gasteiger partial charge on any atom is -0.447 e. The molecule has 0 saturated carbocycles. The third-order valence-electron chi connectivity index (χ3n) is 4.11. The molecule has 2 aliphatic heterocycles. The van der Waals surface area contributed by atoms with E-state index in [-0.39, 0.29) is 18.0 Å². The fraction of sp³-hybridized carbons (Fsp3) is 0.643. The lowest BCUT2D eigenvalue weighted by atomic mass is 10.2. The Morgan fingerprint density at radius 1 is 1.43 bits per heavy atom. The van der Waals surface area contributed by atoms with Gasteiger partial charge in [-0.1, -0.05) is 0 Å². The van der Waals surface area contributed by atoms with Crippen LogP contribution < -0.4 is 0 Å². The van der Waals surface area contributed by atoms with Gasteiger partial charge in [0.2, 0.25) is 5.91 Å². The average molecular weight is 292 g/mol. The summed E-state index contributed by atoms with van der Waals surface area (Å²) in [7, 11) is 0. The minimum absolute atomic E-state index is 0.0175. The topological polar surface area (TPSA) is 67.7 Å². The molecular formula is C14H20N4O3. The zero-order valence-electron chi connectivity index (χ0n) is 12.4. The van der Waals surface area contributed by atoms with Crippen LogP contribution in [-0.2, 0) is 16.1 Å². The number of rotatable bonds is 3. The number of cyclic esters (lactones) is 1. The van der Waals surface area contributed by atoms with Crippen molar-refractivity contribution in [3.63, 3.8) is 0 Å². The number of ether oxygens (including phenoxy) is 1. The summed E-state index contributed by atoms with van der Waals surface area (Å²) >= 11 is 0. The summed E-state index contributed by atoms with van der Waals surface area (Å²) in [6, 6.07) is 2.02. The Hall–Kier alpha value is -2.05. The summed E-state index contributed by atoms with van der Waals surface area (Å²) in [5.74, 6) is 0.113. The van der Waals surface area contributed by atoms with Gasteiger partial charge in [0.25, 0.3) is 0 Å². The third-order valence-corrected chi connectivity index (χ3v) is 4.11. The van der Waals surface area contributed by atoms with Crippen molar-refractivity contribution in [1.29, 1.82) is 0 Å². The molecule has 2 fully saturated rings. The van der Waals surface area contributed by atoms with E-state index < -0.39 is 0 Å². The second-order valence-corrected chi connectivity index (χ2v) is 5.66. The summed E-state index contributed by atoms with van der Waals surface area (Å²) in [6.07, 6.45) is 0.179. The molecule has 0 bridgehead atoms. The van der Waals surface area contributed by atoms with Crippen molar-refractivity contribution in [1.82, 2.24) is 19.6 Å². The van der Waals surface area contributed by atoms with Crippen LogP contribution in [-0.4, -0.2) is 63.9 Å². The smallest absolute Gasteiger partial charge is 0.410 e. The molecule has 7 heteroatoms. The number of nitrogens with zero attached hydrogens (tertiary/aromatic N) is 4. The number of hydrogen-bond donors (Lipinski definition) is 0. The summed E-state index contributed by atoms with van der Waals surface area (Å²) in [6.45, 7) is 6.64. The molecule has 0 radical (unpaired) electrons. The van der Waals surface area contributed by atoms with Crippen molar-refractivity contribution in [3.05, 3.63) is 17.5 Å². The normalized spacial score (nSPS) is 21.4. The highest BCUT2D eigenvalue weighted by Gasteiger charge is 2.38. The number of piperazine rings is 1. The third kappa shape index (κ3) is 2.72. The van der Waals surface area contributed by atoms with Crippen LogP contribution in [0, 0.1) is 13.8 Å². The van der Waals surface area contributed by atoms with Crippen molar-refractivity contribution >= 4 is 12.0 Å². The van der Waals surface area contributed by atoms with Gasteiger partial charge in [0.05, 0.1) is 11.7 Å². The maximum atomic E-state index is 12.3. The molecule has 0 unspecified atom stereocenters. The predicted octanol–water partition coefficient (Wildman–Crippen LogP) is 0.553. The quantitative estimate of drug-likeness (QED) is 0.816. The van der Waals surface area contributed by atoms with Gasteiger partial charge in [0.1, 0.15) is 6.61 Å². The molecule has 0 spiro atoms. The lowest BCUT2D eigenvalue weighted by Gasteiger charge is -2.35. The highest BCUT2D eigenvalue weighted by Crippen LogP contribution is 2.18. The number of carbonyl (C=O) groups is 2. The first kappa shape index (κ1) is 13.9. The van der Waals surface area contributed by atoms with Crippen molar-refractivity contribution in [2.75, 3.05) is 26.2 Å². The lowest BCUT2D eigenvalue weighted by molar-refractivity contribution is -0.133. The molecule has 2 amide bonds. The SMILES string of the molecule is Cc1cc(C)n(CCC(=O)N2CCN3C(=O)OC[C@H]3C2)n1. The molecule has 0 N–H and O–H groups in total. The number of aromatic nitrogens is 2. The summed E-state index contributed by atoms with van der Waals surface area (Å²) in [5, 5.41) is 4.36. The van der Waals surface area contributed by atoms with Crippen LogP contribution in [0.5, 0.6) is 0 Å². The van der Waals surface area contributed by atoms with E-state index >= 15 is 0 Å². The van der Waals surface area contributed by atoms with Gasteiger partial charge in [-0.05, 0) is 19.9 Å². The Labute approximate surface area is 123 Å². The van der Waals surface area contributed by atoms with Gasteiger partial charge in [-0.3, -0.25) is 14.4 Å². The van der Waals surface area contributed by atoms with E-state index in [0.717, 1.165) is 11.4 Å². The summed E-state index contributed by atoms with van der Waals surface area (Å²) < 4.78 is 6.88. The second kappa shape index (κ2) is 5.38. The molecule has 1 atom stereocenters. The Morgan fingerprint density at radius 2 is 2.24 bits per heavy atom. The van der Waals surface area contributed by atoms with Crippen LogP contribution in [0.4, 0.5) is 4.79 Å². The standard InChI is InChI=1S/C14H20N4O3/c1-10-7-11(2)18(15-10)4-3-13(19)16-5-6-17-12(8-16)9-21-14(17)20/h7,12H,3-6,8-9H2,1-2H3/t12-/m1/s1. The Bertz CT molecular complexity index is 569. The fourth-order valence-corrected chi connectivity index (χ4v) is 2.98. The van der Waals surface area contributed by atoms with Gasteiger partial charge in [0, 0.05) is 38.3 Å². The predicted molar refractivity (Wildman–Crippen MR) is 74.7 cm³/mol. The molecule has 2 saturated heterocycles. The molecule has 3 rings (SSSR count). The number of hydrogen-bond acceptors (Lipinski definition) is 4. The molecular weight excluding hydrogens is 272 g/mol. The molecule has 1 aromatic rings. The molecule has 114 valence electrons. The maximum absolute atomic E-state index is 12.3. The number of carbonyl (C=O) groups excluding carboxylic acids is 2. The van der Waals surface area contributed by atoms with Crippen LogP contribution in [0.25, 0.3) is 0 Å². The molecule has 1 aromatic heterocycles. The maximum Gasteiger partial charge on any atom is 0.410 e. The molecule has 21 heavy (non-hydrogen) atoms. The van der Waals surface area contributed by atoms with Crippen LogP contribution in [0.2, 0.25) is 0 Å². The van der Waals surface area contributed by atoms with E-state index in [1.165, 1.54) is 0 Å². The molecule has 0 aliphatic carbocycles. The first-order valence-corrected chi connectivity index (χ1v) is 7.27. The van der Waals surface area contributed by atoms with Gasteiger partial charge < -0.3 is 9.64 Å². The van der Waals surface area contributed by atoms with E-state index in [1.54, 1.807) is 4.90 Å². The molecule has 7 nitrogen and oxygen atoms in total. The Kier molecular flexibility index (Phi) is 3.57. The lowest BCUT2D eigenvalue weighted by Crippen LogP contribution is -2.53. The van der Waals surface area contributed by atoms with E-state index in [2.05, 4.69) is 5.10 Å². The number of fused-ring (bicyclic) bond motifs is 1. The second-order valence-electron chi connectivity index (χ2n) is 5.66. The van der Waals surface area contributed by atoms with Crippen molar-refractivity contribution < 1.29 is 14.3 Å². The zero-order valence-corrected chi connectivity index (χ0v) is 12.4. The highest BCUT2D eigenvalue weighted by molar-refractivity contribution is 5.77. The first-order valence-electron chi connectivity index (χ1n) is 7.27. The average Bonchev–Trinajstić information content (AvgIpc) is 2.98.